The van der Waals surface area contributed by atoms with Gasteiger partial charge in [0.15, 0.2) is 0 Å². The maximum atomic E-state index is 9.26. The third kappa shape index (κ3) is 2.24. The number of rotatable bonds is 5. The van der Waals surface area contributed by atoms with Gasteiger partial charge in [-0.05, 0) is 19.3 Å². The molecule has 17 heavy (non-hydrogen) atoms. The van der Waals surface area contributed by atoms with Crippen LogP contribution in [0.1, 0.15) is 17.7 Å². The van der Waals surface area contributed by atoms with E-state index in [1.807, 2.05) is 0 Å². The molecule has 0 radical (unpaired) electrons. The smallest absolute Gasteiger partial charge is 0.133 e. The molecule has 0 atom stereocenters. The number of anilines is 1. The van der Waals surface area contributed by atoms with Crippen molar-refractivity contribution < 1.29 is 15.3 Å². The number of aryl methyl sites for hydroxylation is 1. The van der Waals surface area contributed by atoms with Crippen LogP contribution in [0, 0.1) is 0 Å². The number of nitrogens with one attached hydrogen (secondary N) is 1. The fourth-order valence-electron chi connectivity index (χ4n) is 1.99. The Morgan fingerprint density at radius 1 is 1.12 bits per heavy atom. The Kier molecular flexibility index (Phi) is 3.56. The normalized spacial score (nSPS) is 14.8. The lowest BCUT2D eigenvalue weighted by Gasteiger charge is -2.30. The van der Waals surface area contributed by atoms with E-state index >= 15 is 0 Å². The van der Waals surface area contributed by atoms with Gasteiger partial charge in [-0.1, -0.05) is 0 Å². The average molecular weight is 239 g/mol. The first-order valence-electron chi connectivity index (χ1n) is 5.68. The van der Waals surface area contributed by atoms with Gasteiger partial charge in [0.2, 0.25) is 0 Å². The minimum Gasteiger partial charge on any atom is -0.394 e. The highest BCUT2D eigenvalue weighted by Crippen LogP contribution is 2.26. The van der Waals surface area contributed by atoms with Gasteiger partial charge in [0.05, 0.1) is 19.8 Å². The molecule has 0 aliphatic heterocycles. The number of aromatic nitrogens is 2. The Hall–Kier alpha value is -1.24. The van der Waals surface area contributed by atoms with Crippen LogP contribution >= 0.6 is 0 Å². The van der Waals surface area contributed by atoms with E-state index in [2.05, 4.69) is 15.3 Å². The minimum atomic E-state index is -1.13. The predicted octanol–water partition coefficient (Wildman–Crippen LogP) is -0.907. The van der Waals surface area contributed by atoms with Gasteiger partial charge in [0.1, 0.15) is 17.7 Å². The molecule has 1 heterocycles. The Labute approximate surface area is 99.4 Å². The van der Waals surface area contributed by atoms with Crippen LogP contribution < -0.4 is 5.32 Å². The minimum absolute atomic E-state index is 0.362. The second-order valence-corrected chi connectivity index (χ2v) is 4.38. The molecule has 1 aromatic rings. The second-order valence-electron chi connectivity index (χ2n) is 4.38. The lowest BCUT2D eigenvalue weighted by Crippen LogP contribution is -2.49. The summed E-state index contributed by atoms with van der Waals surface area (Å²) < 4.78 is 0. The van der Waals surface area contributed by atoms with Gasteiger partial charge in [-0.25, -0.2) is 9.97 Å². The highest BCUT2D eigenvalue weighted by Gasteiger charge is 2.30. The summed E-state index contributed by atoms with van der Waals surface area (Å²) in [6.45, 7) is -1.09. The molecule has 0 aromatic carbocycles. The molecule has 6 heteroatoms. The molecule has 0 saturated heterocycles. The predicted molar refractivity (Wildman–Crippen MR) is 61.7 cm³/mol. The number of hydrogen-bond acceptors (Lipinski definition) is 6. The zero-order chi connectivity index (χ0) is 12.3. The van der Waals surface area contributed by atoms with Crippen molar-refractivity contribution in [1.82, 2.24) is 9.97 Å². The van der Waals surface area contributed by atoms with Crippen molar-refractivity contribution in [1.29, 1.82) is 0 Å². The van der Waals surface area contributed by atoms with Gasteiger partial charge >= 0.3 is 0 Å². The number of aliphatic hydroxyl groups is 3. The average Bonchev–Trinajstić information content (AvgIpc) is 2.85. The molecule has 0 saturated carbocycles. The molecule has 6 nitrogen and oxygen atoms in total. The van der Waals surface area contributed by atoms with Crippen molar-refractivity contribution in [2.24, 2.45) is 0 Å². The van der Waals surface area contributed by atoms with Crippen LogP contribution in [-0.4, -0.2) is 50.6 Å². The first-order chi connectivity index (χ1) is 8.24. The lowest BCUT2D eigenvalue weighted by atomic mass is 10.0. The Morgan fingerprint density at radius 2 is 1.82 bits per heavy atom. The van der Waals surface area contributed by atoms with Crippen molar-refractivity contribution in [3.8, 4) is 0 Å². The highest BCUT2D eigenvalue weighted by molar-refractivity contribution is 5.50. The zero-order valence-corrected chi connectivity index (χ0v) is 9.56. The molecular formula is C11H17N3O3. The number of aliphatic hydroxyl groups excluding tert-OH is 3. The van der Waals surface area contributed by atoms with Crippen LogP contribution in [0.3, 0.4) is 0 Å². The SMILES string of the molecule is OCC(CO)(CO)Nc1ncnc2c1CCC2. The van der Waals surface area contributed by atoms with Gasteiger partial charge in [0.25, 0.3) is 0 Å². The number of nitrogens with zero attached hydrogens (tertiary/aromatic N) is 2. The first kappa shape index (κ1) is 12.2. The third-order valence-electron chi connectivity index (χ3n) is 3.17. The summed E-state index contributed by atoms with van der Waals surface area (Å²) >= 11 is 0. The first-order valence-corrected chi connectivity index (χ1v) is 5.68. The topological polar surface area (TPSA) is 98.5 Å². The molecule has 1 aliphatic carbocycles. The van der Waals surface area contributed by atoms with E-state index in [1.54, 1.807) is 0 Å². The molecule has 0 spiro atoms. The van der Waals surface area contributed by atoms with Gasteiger partial charge in [0, 0.05) is 11.3 Å². The molecule has 0 unspecified atom stereocenters. The molecule has 94 valence electrons. The summed E-state index contributed by atoms with van der Waals surface area (Å²) in [7, 11) is 0. The number of hydrogen-bond donors (Lipinski definition) is 4. The van der Waals surface area contributed by atoms with Crippen molar-refractivity contribution in [2.75, 3.05) is 25.1 Å². The van der Waals surface area contributed by atoms with E-state index in [-0.39, 0.29) is 19.8 Å². The van der Waals surface area contributed by atoms with Gasteiger partial charge in [-0.3, -0.25) is 0 Å². The fraction of sp³-hybridized carbons (Fsp3) is 0.636. The molecule has 1 aromatic heterocycles. The van der Waals surface area contributed by atoms with Crippen molar-refractivity contribution in [3.63, 3.8) is 0 Å². The largest absolute Gasteiger partial charge is 0.394 e. The van der Waals surface area contributed by atoms with Crippen molar-refractivity contribution in [3.05, 3.63) is 17.6 Å². The molecule has 4 N–H and O–H groups in total. The summed E-state index contributed by atoms with van der Waals surface area (Å²) in [6.07, 6.45) is 4.31. The van der Waals surface area contributed by atoms with E-state index in [0.29, 0.717) is 5.82 Å². The Bertz CT molecular complexity index is 385. The van der Waals surface area contributed by atoms with Gasteiger partial charge < -0.3 is 20.6 Å². The van der Waals surface area contributed by atoms with Crippen molar-refractivity contribution in [2.45, 2.75) is 24.8 Å². The maximum absolute atomic E-state index is 9.26. The lowest BCUT2D eigenvalue weighted by molar-refractivity contribution is 0.0830. The third-order valence-corrected chi connectivity index (χ3v) is 3.17. The van der Waals surface area contributed by atoms with Crippen LogP contribution in [-0.2, 0) is 12.8 Å². The zero-order valence-electron chi connectivity index (χ0n) is 9.56. The monoisotopic (exact) mass is 239 g/mol. The molecule has 1 aliphatic rings. The van der Waals surface area contributed by atoms with E-state index in [4.69, 9.17) is 0 Å². The van der Waals surface area contributed by atoms with E-state index in [9.17, 15) is 15.3 Å². The molecule has 0 bridgehead atoms. The second kappa shape index (κ2) is 4.95. The quantitative estimate of drug-likeness (QED) is 0.531. The highest BCUT2D eigenvalue weighted by atomic mass is 16.3. The standard InChI is InChI=1S/C11H17N3O3/c15-4-11(5-16,6-17)14-10-8-2-1-3-9(8)12-7-13-10/h7,15-17H,1-6H2,(H,12,13,14). The summed E-state index contributed by atoms with van der Waals surface area (Å²) in [5, 5.41) is 30.7. The van der Waals surface area contributed by atoms with Crippen LogP contribution in [0.5, 0.6) is 0 Å². The number of fused-ring (bicyclic) bond motifs is 1. The molecule has 2 rings (SSSR count). The summed E-state index contributed by atoms with van der Waals surface area (Å²) in [5.74, 6) is 0.602. The van der Waals surface area contributed by atoms with Crippen LogP contribution in [0.15, 0.2) is 6.33 Å². The summed E-state index contributed by atoms with van der Waals surface area (Å²) in [5.41, 5.74) is 0.891. The molecule has 0 fully saturated rings. The van der Waals surface area contributed by atoms with Crippen LogP contribution in [0.2, 0.25) is 0 Å². The Morgan fingerprint density at radius 3 is 2.47 bits per heavy atom. The van der Waals surface area contributed by atoms with Gasteiger partial charge in [-0.2, -0.15) is 0 Å². The van der Waals surface area contributed by atoms with Crippen LogP contribution in [0.4, 0.5) is 5.82 Å². The summed E-state index contributed by atoms with van der Waals surface area (Å²) in [6, 6.07) is 0. The maximum Gasteiger partial charge on any atom is 0.133 e. The fourth-order valence-corrected chi connectivity index (χ4v) is 1.99. The Balaban J connectivity index is 2.26. The van der Waals surface area contributed by atoms with E-state index in [1.165, 1.54) is 6.33 Å². The molecule has 0 amide bonds. The van der Waals surface area contributed by atoms with E-state index in [0.717, 1.165) is 30.5 Å². The van der Waals surface area contributed by atoms with E-state index < -0.39 is 5.54 Å². The van der Waals surface area contributed by atoms with Crippen LogP contribution in [0.25, 0.3) is 0 Å². The van der Waals surface area contributed by atoms with Gasteiger partial charge in [-0.15, -0.1) is 0 Å². The molecular weight excluding hydrogens is 222 g/mol. The van der Waals surface area contributed by atoms with Crippen molar-refractivity contribution >= 4 is 5.82 Å². The summed E-state index contributed by atoms with van der Waals surface area (Å²) in [4.78, 5) is 8.31.